The van der Waals surface area contributed by atoms with E-state index in [1.54, 1.807) is 0 Å². The predicted molar refractivity (Wildman–Crippen MR) is 207 cm³/mol. The molecule has 0 fully saturated rings. The summed E-state index contributed by atoms with van der Waals surface area (Å²) in [6.45, 7) is 4.23. The lowest BCUT2D eigenvalue weighted by molar-refractivity contribution is 1.27. The van der Waals surface area contributed by atoms with Crippen LogP contribution in [0.4, 0.5) is 34.1 Å². The molecule has 1 heterocycles. The van der Waals surface area contributed by atoms with Gasteiger partial charge in [0.15, 0.2) is 0 Å². The summed E-state index contributed by atoms with van der Waals surface area (Å²) in [4.78, 5) is 4.57. The lowest BCUT2D eigenvalue weighted by Crippen LogP contribution is -2.09. The first-order valence-corrected chi connectivity index (χ1v) is 17.2. The molecule has 8 aromatic rings. The Bertz CT molecular complexity index is 2150. The van der Waals surface area contributed by atoms with Crippen molar-refractivity contribution in [2.45, 2.75) is 13.8 Å². The van der Waals surface area contributed by atoms with Crippen molar-refractivity contribution in [3.8, 4) is 22.3 Å². The van der Waals surface area contributed by atoms with E-state index in [2.05, 4.69) is 194 Å². The third-order valence-corrected chi connectivity index (χ3v) is 9.43. The first-order chi connectivity index (χ1) is 24.1. The van der Waals surface area contributed by atoms with Crippen LogP contribution in [0.3, 0.4) is 0 Å². The minimum atomic E-state index is 0.920. The molecule has 0 aliphatic heterocycles. The molecule has 0 saturated carbocycles. The first kappa shape index (κ1) is 30.3. The number of rotatable bonds is 8. The Kier molecular flexibility index (Phi) is 8.18. The van der Waals surface area contributed by atoms with Gasteiger partial charge in [0.2, 0.25) is 0 Å². The molecule has 0 spiro atoms. The molecule has 4 nitrogen and oxygen atoms in total. The highest BCUT2D eigenvalue weighted by Crippen LogP contribution is 2.40. The highest BCUT2D eigenvalue weighted by atomic mass is 32.1. The lowest BCUT2D eigenvalue weighted by Gasteiger charge is -2.26. The molecule has 8 rings (SSSR count). The highest BCUT2D eigenvalue weighted by Gasteiger charge is 2.17. The highest BCUT2D eigenvalue weighted by molar-refractivity contribution is 7.00. The number of hydrogen-bond donors (Lipinski definition) is 0. The standard InChI is InChI=1S/C44H34N4S/c1-31-13-21-37(22-14-31)47(35-9-5-3-6-10-35)39-25-17-33(18-26-39)41-29-30-42(44-43(41)45-49-46-44)34-19-27-40(28-20-34)48(36-11-7-4-8-12-36)38-23-15-32(2)16-24-38/h3-30H,1-2H3. The minimum Gasteiger partial charge on any atom is -0.311 e. The van der Waals surface area contributed by atoms with Crippen molar-refractivity contribution >= 4 is 56.9 Å². The van der Waals surface area contributed by atoms with E-state index in [1.165, 1.54) is 22.9 Å². The summed E-state index contributed by atoms with van der Waals surface area (Å²) in [6, 6.07) is 60.2. The van der Waals surface area contributed by atoms with Crippen LogP contribution < -0.4 is 9.80 Å². The van der Waals surface area contributed by atoms with Gasteiger partial charge in [0.1, 0.15) is 11.0 Å². The lowest BCUT2D eigenvalue weighted by atomic mass is 9.97. The summed E-state index contributed by atoms with van der Waals surface area (Å²) < 4.78 is 9.57. The molecule has 0 aliphatic rings. The van der Waals surface area contributed by atoms with Crippen LogP contribution in [0.15, 0.2) is 170 Å². The minimum absolute atomic E-state index is 0.920. The van der Waals surface area contributed by atoms with Crippen molar-refractivity contribution in [2.24, 2.45) is 0 Å². The zero-order valence-corrected chi connectivity index (χ0v) is 28.2. The number of aryl methyl sites for hydroxylation is 2. The fourth-order valence-corrected chi connectivity index (χ4v) is 6.92. The van der Waals surface area contributed by atoms with Crippen LogP contribution in [0, 0.1) is 13.8 Å². The third kappa shape index (κ3) is 6.08. The van der Waals surface area contributed by atoms with Crippen LogP contribution in [-0.2, 0) is 0 Å². The molecule has 1 aromatic heterocycles. The Morgan fingerprint density at radius 2 is 0.653 bits per heavy atom. The second-order valence-electron chi connectivity index (χ2n) is 12.2. The Hall–Kier alpha value is -6.04. The van der Waals surface area contributed by atoms with E-state index < -0.39 is 0 Å². The van der Waals surface area contributed by atoms with Gasteiger partial charge >= 0.3 is 0 Å². The molecule has 0 atom stereocenters. The predicted octanol–water partition coefficient (Wildman–Crippen LogP) is 12.6. The maximum absolute atomic E-state index is 4.79. The SMILES string of the molecule is Cc1ccc(N(c2ccccc2)c2ccc(-c3ccc(-c4ccc(N(c5ccccc5)c5ccc(C)cc5)cc4)c4nsnc34)cc2)cc1. The maximum atomic E-state index is 4.79. The molecule has 0 radical (unpaired) electrons. The average molecular weight is 651 g/mol. The van der Waals surface area contributed by atoms with Gasteiger partial charge in [0.05, 0.1) is 11.7 Å². The van der Waals surface area contributed by atoms with Gasteiger partial charge in [-0.05, 0) is 97.8 Å². The van der Waals surface area contributed by atoms with Crippen molar-refractivity contribution in [3.05, 3.63) is 181 Å². The molecule has 0 unspecified atom stereocenters. The zero-order valence-electron chi connectivity index (χ0n) is 27.4. The van der Waals surface area contributed by atoms with Crippen molar-refractivity contribution in [1.29, 1.82) is 0 Å². The molecule has 0 saturated heterocycles. The number of anilines is 6. The van der Waals surface area contributed by atoms with Crippen LogP contribution in [0.2, 0.25) is 0 Å². The van der Waals surface area contributed by atoms with Crippen molar-refractivity contribution < 1.29 is 0 Å². The van der Waals surface area contributed by atoms with Gasteiger partial charge in [-0.1, -0.05) is 108 Å². The summed E-state index contributed by atoms with van der Waals surface area (Å²) in [7, 11) is 0. The van der Waals surface area contributed by atoms with Crippen molar-refractivity contribution in [3.63, 3.8) is 0 Å². The number of fused-ring (bicyclic) bond motifs is 1. The van der Waals surface area contributed by atoms with Gasteiger partial charge in [-0.2, -0.15) is 8.75 Å². The van der Waals surface area contributed by atoms with Crippen molar-refractivity contribution in [2.75, 3.05) is 9.80 Å². The quantitative estimate of drug-likeness (QED) is 0.164. The van der Waals surface area contributed by atoms with Gasteiger partial charge in [-0.3, -0.25) is 0 Å². The summed E-state index contributed by atoms with van der Waals surface area (Å²) in [5.41, 5.74) is 15.4. The van der Waals surface area contributed by atoms with Gasteiger partial charge in [-0.25, -0.2) is 0 Å². The largest absolute Gasteiger partial charge is 0.311 e. The summed E-state index contributed by atoms with van der Waals surface area (Å²) in [6.07, 6.45) is 0. The van der Waals surface area contributed by atoms with E-state index >= 15 is 0 Å². The molecular formula is C44H34N4S. The van der Waals surface area contributed by atoms with E-state index in [0.717, 1.165) is 67.4 Å². The molecule has 236 valence electrons. The zero-order chi connectivity index (χ0) is 33.2. The monoisotopic (exact) mass is 650 g/mol. The number of nitrogens with zero attached hydrogens (tertiary/aromatic N) is 4. The number of aromatic nitrogens is 2. The van der Waals surface area contributed by atoms with Crippen LogP contribution >= 0.6 is 11.7 Å². The van der Waals surface area contributed by atoms with Crippen LogP contribution in [0.1, 0.15) is 11.1 Å². The molecule has 7 aromatic carbocycles. The molecule has 0 N–H and O–H groups in total. The van der Waals surface area contributed by atoms with E-state index in [4.69, 9.17) is 8.75 Å². The summed E-state index contributed by atoms with van der Waals surface area (Å²) >= 11 is 1.26. The Morgan fingerprint density at radius 1 is 0.347 bits per heavy atom. The Balaban J connectivity index is 1.12. The second kappa shape index (κ2) is 13.2. The number of para-hydroxylation sites is 2. The smallest absolute Gasteiger partial charge is 0.113 e. The van der Waals surface area contributed by atoms with Gasteiger partial charge in [0.25, 0.3) is 0 Å². The van der Waals surface area contributed by atoms with Gasteiger partial charge < -0.3 is 9.80 Å². The molecule has 49 heavy (non-hydrogen) atoms. The number of benzene rings is 7. The van der Waals surface area contributed by atoms with Crippen LogP contribution in [0.25, 0.3) is 33.3 Å². The average Bonchev–Trinajstić information content (AvgIpc) is 3.65. The fourth-order valence-electron chi connectivity index (χ4n) is 6.35. The molecule has 0 amide bonds. The Morgan fingerprint density at radius 3 is 1.00 bits per heavy atom. The third-order valence-electron chi connectivity index (χ3n) is 8.90. The second-order valence-corrected chi connectivity index (χ2v) is 12.8. The Labute approximate surface area is 291 Å². The maximum Gasteiger partial charge on any atom is 0.113 e. The number of hydrogen-bond acceptors (Lipinski definition) is 5. The summed E-state index contributed by atoms with van der Waals surface area (Å²) in [5.74, 6) is 0. The van der Waals surface area contributed by atoms with E-state index in [-0.39, 0.29) is 0 Å². The van der Waals surface area contributed by atoms with Gasteiger partial charge in [-0.15, -0.1) is 0 Å². The molecular weight excluding hydrogens is 617 g/mol. The van der Waals surface area contributed by atoms with Gasteiger partial charge in [0, 0.05) is 45.3 Å². The van der Waals surface area contributed by atoms with Crippen molar-refractivity contribution in [1.82, 2.24) is 8.75 Å². The topological polar surface area (TPSA) is 32.3 Å². The first-order valence-electron chi connectivity index (χ1n) is 16.4. The normalized spacial score (nSPS) is 11.1. The van der Waals surface area contributed by atoms with Crippen LogP contribution in [0.5, 0.6) is 0 Å². The van der Waals surface area contributed by atoms with E-state index in [1.807, 2.05) is 0 Å². The summed E-state index contributed by atoms with van der Waals surface area (Å²) in [5, 5.41) is 0. The fraction of sp³-hybridized carbons (Fsp3) is 0.0455. The molecule has 0 aliphatic carbocycles. The van der Waals surface area contributed by atoms with E-state index in [0.29, 0.717) is 0 Å². The van der Waals surface area contributed by atoms with Crippen LogP contribution in [-0.4, -0.2) is 8.75 Å². The molecule has 5 heteroatoms. The molecule has 0 bridgehead atoms. The van der Waals surface area contributed by atoms with E-state index in [9.17, 15) is 0 Å².